The number of hydrogen-bond acceptors (Lipinski definition) is 5. The number of fused-ring (bicyclic) bond motifs is 1. The standard InChI is InChI=1S/C19H15FN4OS/c20-15-5-2-6-16-17(15)22-19(26-16)24-9-7-23(8-10-24)18(25)14-4-1-3-13(11-14)12-21/h1-6,11H,7-10H2. The van der Waals surface area contributed by atoms with Crippen molar-refractivity contribution in [3.05, 3.63) is 59.4 Å². The van der Waals surface area contributed by atoms with Crippen LogP contribution in [0.15, 0.2) is 42.5 Å². The smallest absolute Gasteiger partial charge is 0.254 e. The van der Waals surface area contributed by atoms with Crippen LogP contribution in [-0.4, -0.2) is 42.0 Å². The van der Waals surface area contributed by atoms with Crippen LogP contribution in [0.3, 0.4) is 0 Å². The van der Waals surface area contributed by atoms with E-state index in [1.54, 1.807) is 35.2 Å². The summed E-state index contributed by atoms with van der Waals surface area (Å²) in [6.07, 6.45) is 0. The quantitative estimate of drug-likeness (QED) is 0.698. The van der Waals surface area contributed by atoms with Crippen LogP contribution < -0.4 is 4.90 Å². The lowest BCUT2D eigenvalue weighted by Gasteiger charge is -2.34. The highest BCUT2D eigenvalue weighted by molar-refractivity contribution is 7.22. The van der Waals surface area contributed by atoms with Gasteiger partial charge >= 0.3 is 0 Å². The van der Waals surface area contributed by atoms with E-state index in [1.807, 2.05) is 6.07 Å². The number of carbonyl (C=O) groups is 1. The van der Waals surface area contributed by atoms with Crippen LogP contribution in [0, 0.1) is 17.1 Å². The van der Waals surface area contributed by atoms with Crippen LogP contribution in [0.5, 0.6) is 0 Å². The maximum atomic E-state index is 13.8. The first-order valence-electron chi connectivity index (χ1n) is 8.25. The van der Waals surface area contributed by atoms with Gasteiger partial charge in [-0.1, -0.05) is 23.5 Å². The monoisotopic (exact) mass is 366 g/mol. The van der Waals surface area contributed by atoms with Crippen molar-refractivity contribution in [3.63, 3.8) is 0 Å². The largest absolute Gasteiger partial charge is 0.345 e. The number of para-hydroxylation sites is 1. The lowest BCUT2D eigenvalue weighted by molar-refractivity contribution is 0.0746. The van der Waals surface area contributed by atoms with E-state index in [0.717, 1.165) is 9.83 Å². The highest BCUT2D eigenvalue weighted by Crippen LogP contribution is 2.30. The minimum Gasteiger partial charge on any atom is -0.345 e. The van der Waals surface area contributed by atoms with Crippen molar-refractivity contribution in [2.45, 2.75) is 0 Å². The summed E-state index contributed by atoms with van der Waals surface area (Å²) in [5.74, 6) is -0.381. The number of benzene rings is 2. The van der Waals surface area contributed by atoms with Crippen molar-refractivity contribution in [3.8, 4) is 6.07 Å². The first-order valence-corrected chi connectivity index (χ1v) is 9.07. The van der Waals surface area contributed by atoms with Gasteiger partial charge in [0.1, 0.15) is 11.3 Å². The lowest BCUT2D eigenvalue weighted by atomic mass is 10.1. The van der Waals surface area contributed by atoms with Crippen LogP contribution in [0.25, 0.3) is 10.2 Å². The molecule has 0 spiro atoms. The molecule has 130 valence electrons. The number of halogens is 1. The first-order chi connectivity index (χ1) is 12.7. The lowest BCUT2D eigenvalue weighted by Crippen LogP contribution is -2.48. The summed E-state index contributed by atoms with van der Waals surface area (Å²) in [6.45, 7) is 2.41. The van der Waals surface area contributed by atoms with Crippen LogP contribution >= 0.6 is 11.3 Å². The summed E-state index contributed by atoms with van der Waals surface area (Å²) in [4.78, 5) is 20.9. The number of anilines is 1. The van der Waals surface area contributed by atoms with E-state index < -0.39 is 0 Å². The van der Waals surface area contributed by atoms with Gasteiger partial charge in [-0.25, -0.2) is 9.37 Å². The first kappa shape index (κ1) is 16.5. The number of nitrogens with zero attached hydrogens (tertiary/aromatic N) is 4. The Hall–Kier alpha value is -2.98. The van der Waals surface area contributed by atoms with E-state index in [-0.39, 0.29) is 11.7 Å². The van der Waals surface area contributed by atoms with Crippen LogP contribution in [0.1, 0.15) is 15.9 Å². The Morgan fingerprint density at radius 1 is 1.15 bits per heavy atom. The second kappa shape index (κ2) is 6.73. The molecule has 26 heavy (non-hydrogen) atoms. The Labute approximate surface area is 153 Å². The maximum Gasteiger partial charge on any atom is 0.254 e. The van der Waals surface area contributed by atoms with Crippen molar-refractivity contribution >= 4 is 32.6 Å². The Morgan fingerprint density at radius 2 is 1.92 bits per heavy atom. The van der Waals surface area contributed by atoms with Gasteiger partial charge in [-0.2, -0.15) is 5.26 Å². The molecule has 1 aliphatic rings. The van der Waals surface area contributed by atoms with Gasteiger partial charge in [-0.15, -0.1) is 0 Å². The molecule has 1 aliphatic heterocycles. The number of aromatic nitrogens is 1. The number of piperazine rings is 1. The number of hydrogen-bond donors (Lipinski definition) is 0. The zero-order valence-electron chi connectivity index (χ0n) is 13.9. The number of carbonyl (C=O) groups excluding carboxylic acids is 1. The molecule has 0 unspecified atom stereocenters. The van der Waals surface area contributed by atoms with E-state index in [1.165, 1.54) is 17.4 Å². The summed E-state index contributed by atoms with van der Waals surface area (Å²) in [5, 5.41) is 9.76. The molecule has 1 aromatic heterocycles. The molecule has 1 amide bonds. The fourth-order valence-electron chi connectivity index (χ4n) is 3.04. The third-order valence-electron chi connectivity index (χ3n) is 4.43. The molecule has 0 radical (unpaired) electrons. The molecule has 0 N–H and O–H groups in total. The van der Waals surface area contributed by atoms with Crippen molar-refractivity contribution in [1.29, 1.82) is 5.26 Å². The molecule has 0 saturated carbocycles. The molecule has 4 rings (SSSR count). The molecule has 1 fully saturated rings. The van der Waals surface area contributed by atoms with Crippen molar-refractivity contribution < 1.29 is 9.18 Å². The molecule has 3 aromatic rings. The molecule has 2 aromatic carbocycles. The molecule has 0 atom stereocenters. The third-order valence-corrected chi connectivity index (χ3v) is 5.52. The second-order valence-electron chi connectivity index (χ2n) is 6.05. The molecule has 2 heterocycles. The van der Waals surface area contributed by atoms with Gasteiger partial charge in [0.15, 0.2) is 5.13 Å². The van der Waals surface area contributed by atoms with Gasteiger partial charge in [0.2, 0.25) is 0 Å². The average Bonchev–Trinajstić information content (AvgIpc) is 3.13. The van der Waals surface area contributed by atoms with E-state index in [0.29, 0.717) is 42.8 Å². The summed E-state index contributed by atoms with van der Waals surface area (Å²) in [7, 11) is 0. The minimum atomic E-state index is -0.309. The van der Waals surface area contributed by atoms with Gasteiger partial charge in [0.05, 0.1) is 16.3 Å². The van der Waals surface area contributed by atoms with Crippen molar-refractivity contribution in [1.82, 2.24) is 9.88 Å². The second-order valence-corrected chi connectivity index (χ2v) is 7.06. The predicted octanol–water partition coefficient (Wildman–Crippen LogP) is 3.27. The summed E-state index contributed by atoms with van der Waals surface area (Å²) in [5.41, 5.74) is 1.41. The van der Waals surface area contributed by atoms with Gasteiger partial charge in [-0.05, 0) is 30.3 Å². The fourth-order valence-corrected chi connectivity index (χ4v) is 4.08. The topological polar surface area (TPSA) is 60.2 Å². The van der Waals surface area contributed by atoms with Gasteiger partial charge in [0.25, 0.3) is 5.91 Å². The van der Waals surface area contributed by atoms with Gasteiger partial charge in [-0.3, -0.25) is 4.79 Å². The zero-order valence-corrected chi connectivity index (χ0v) is 14.7. The Kier molecular flexibility index (Phi) is 4.27. The predicted molar refractivity (Wildman–Crippen MR) is 98.9 cm³/mol. The summed E-state index contributed by atoms with van der Waals surface area (Å²) < 4.78 is 14.7. The molecule has 5 nitrogen and oxygen atoms in total. The summed E-state index contributed by atoms with van der Waals surface area (Å²) in [6, 6.07) is 13.8. The zero-order chi connectivity index (χ0) is 18.1. The highest BCUT2D eigenvalue weighted by Gasteiger charge is 2.24. The third kappa shape index (κ3) is 3.00. The van der Waals surface area contributed by atoms with E-state index in [9.17, 15) is 9.18 Å². The normalized spacial score (nSPS) is 14.5. The van der Waals surface area contributed by atoms with Gasteiger partial charge < -0.3 is 9.80 Å². The summed E-state index contributed by atoms with van der Waals surface area (Å²) >= 11 is 1.46. The SMILES string of the molecule is N#Cc1cccc(C(=O)N2CCN(c3nc4c(F)cccc4s3)CC2)c1. The number of nitriles is 1. The molecule has 0 aliphatic carbocycles. The van der Waals surface area contributed by atoms with Crippen LogP contribution in [0.4, 0.5) is 9.52 Å². The Bertz CT molecular complexity index is 1020. The van der Waals surface area contributed by atoms with E-state index in [2.05, 4.69) is 16.0 Å². The van der Waals surface area contributed by atoms with Crippen LogP contribution in [0.2, 0.25) is 0 Å². The highest BCUT2D eigenvalue weighted by atomic mass is 32.1. The molecule has 1 saturated heterocycles. The van der Waals surface area contributed by atoms with E-state index >= 15 is 0 Å². The Morgan fingerprint density at radius 3 is 2.65 bits per heavy atom. The van der Waals surface area contributed by atoms with Crippen molar-refractivity contribution in [2.75, 3.05) is 31.1 Å². The maximum absolute atomic E-state index is 13.8. The van der Waals surface area contributed by atoms with Crippen molar-refractivity contribution in [2.24, 2.45) is 0 Å². The molecule has 0 bridgehead atoms. The average molecular weight is 366 g/mol. The number of amides is 1. The minimum absolute atomic E-state index is 0.0721. The number of thiazole rings is 1. The van der Waals surface area contributed by atoms with E-state index in [4.69, 9.17) is 5.26 Å². The fraction of sp³-hybridized carbons (Fsp3) is 0.211. The number of rotatable bonds is 2. The van der Waals surface area contributed by atoms with Crippen LogP contribution in [-0.2, 0) is 0 Å². The molecular weight excluding hydrogens is 351 g/mol. The molecular formula is C19H15FN4OS. The Balaban J connectivity index is 1.47. The van der Waals surface area contributed by atoms with Gasteiger partial charge in [0, 0.05) is 31.7 Å². The molecule has 7 heteroatoms.